The molecule has 0 saturated carbocycles. The maximum atomic E-state index is 6.06. The molecule has 7 nitrogen and oxygen atoms in total. The zero-order chi connectivity index (χ0) is 22.9. The van der Waals surface area contributed by atoms with Crippen molar-refractivity contribution in [3.05, 3.63) is 47.2 Å². The van der Waals surface area contributed by atoms with Crippen LogP contribution >= 0.6 is 24.0 Å². The number of nitrogens with one attached hydrogen (secondary N) is 2. The van der Waals surface area contributed by atoms with Gasteiger partial charge in [-0.15, -0.1) is 24.0 Å². The highest BCUT2D eigenvalue weighted by Crippen LogP contribution is 2.20. The van der Waals surface area contributed by atoms with E-state index in [2.05, 4.69) is 47.4 Å². The molecule has 0 amide bonds. The first-order valence-electron chi connectivity index (χ1n) is 11.8. The van der Waals surface area contributed by atoms with E-state index in [-0.39, 0.29) is 30.1 Å². The standard InChI is InChI=1S/C25H39N5O2.HI/c1-6-26-25(27-15-19(3)31-23-10-8-7-9-18(23)2)28-16-22-11-13-30(14-12-22)17-24-29-20(4)21(5)32-24;/h7-10,19,22H,6,11-17H2,1-5H3,(H2,26,27,28);1H. The minimum atomic E-state index is 0. The smallest absolute Gasteiger partial charge is 0.208 e. The summed E-state index contributed by atoms with van der Waals surface area (Å²) < 4.78 is 11.8. The molecule has 1 aliphatic heterocycles. The molecule has 1 unspecified atom stereocenters. The van der Waals surface area contributed by atoms with Gasteiger partial charge in [0.15, 0.2) is 5.96 Å². The second-order valence-electron chi connectivity index (χ2n) is 8.76. The number of guanidine groups is 1. The molecular formula is C25H40IN5O2. The number of oxazole rings is 1. The molecule has 0 aliphatic carbocycles. The van der Waals surface area contributed by atoms with E-state index < -0.39 is 0 Å². The van der Waals surface area contributed by atoms with Crippen molar-refractivity contribution in [1.29, 1.82) is 0 Å². The molecule has 1 aromatic carbocycles. The molecule has 0 bridgehead atoms. The Kier molecular flexibility index (Phi) is 11.5. The van der Waals surface area contributed by atoms with Gasteiger partial charge in [0.2, 0.25) is 5.89 Å². The van der Waals surface area contributed by atoms with Crippen LogP contribution in [0.1, 0.15) is 49.6 Å². The zero-order valence-electron chi connectivity index (χ0n) is 20.7. The van der Waals surface area contributed by atoms with Crippen molar-refractivity contribution in [3.63, 3.8) is 0 Å². The number of aliphatic imine (C=N–C) groups is 1. The molecular weight excluding hydrogens is 529 g/mol. The number of aromatic nitrogens is 1. The third kappa shape index (κ3) is 8.81. The molecule has 1 aliphatic rings. The quantitative estimate of drug-likeness (QED) is 0.264. The van der Waals surface area contributed by atoms with Gasteiger partial charge in [0, 0.05) is 13.1 Å². The van der Waals surface area contributed by atoms with Gasteiger partial charge in [-0.1, -0.05) is 18.2 Å². The third-order valence-electron chi connectivity index (χ3n) is 5.97. The largest absolute Gasteiger partial charge is 0.489 e. The Morgan fingerprint density at radius 1 is 1.21 bits per heavy atom. The van der Waals surface area contributed by atoms with Gasteiger partial charge >= 0.3 is 0 Å². The molecule has 3 rings (SSSR count). The summed E-state index contributed by atoms with van der Waals surface area (Å²) in [5.41, 5.74) is 2.14. The number of rotatable bonds is 9. The van der Waals surface area contributed by atoms with Crippen molar-refractivity contribution >= 4 is 29.9 Å². The van der Waals surface area contributed by atoms with E-state index in [0.717, 1.165) is 80.2 Å². The van der Waals surface area contributed by atoms with E-state index in [9.17, 15) is 0 Å². The lowest BCUT2D eigenvalue weighted by atomic mass is 9.97. The lowest BCUT2D eigenvalue weighted by Crippen LogP contribution is -2.43. The first-order valence-corrected chi connectivity index (χ1v) is 11.8. The summed E-state index contributed by atoms with van der Waals surface area (Å²) in [5.74, 6) is 4.19. The summed E-state index contributed by atoms with van der Waals surface area (Å²) >= 11 is 0. The van der Waals surface area contributed by atoms with Gasteiger partial charge in [0.25, 0.3) is 0 Å². The number of aryl methyl sites for hydroxylation is 3. The summed E-state index contributed by atoms with van der Waals surface area (Å²) in [5, 5.41) is 6.88. The molecule has 1 fully saturated rings. The van der Waals surface area contributed by atoms with Crippen molar-refractivity contribution in [2.24, 2.45) is 10.9 Å². The molecule has 184 valence electrons. The average molecular weight is 570 g/mol. The van der Waals surface area contributed by atoms with Gasteiger partial charge in [0.1, 0.15) is 17.6 Å². The number of piperidine rings is 1. The fourth-order valence-electron chi connectivity index (χ4n) is 3.89. The SMILES string of the molecule is CCNC(=NCC(C)Oc1ccccc1C)NCC1CCN(Cc2nc(C)c(C)o2)CC1.I. The Bertz CT molecular complexity index is 858. The van der Waals surface area contributed by atoms with Crippen LogP contribution in [0.4, 0.5) is 0 Å². The number of halogens is 1. The topological polar surface area (TPSA) is 74.9 Å². The van der Waals surface area contributed by atoms with Gasteiger partial charge < -0.3 is 19.8 Å². The second kappa shape index (κ2) is 13.8. The van der Waals surface area contributed by atoms with Crippen molar-refractivity contribution in [3.8, 4) is 5.75 Å². The van der Waals surface area contributed by atoms with Crippen molar-refractivity contribution in [1.82, 2.24) is 20.5 Å². The van der Waals surface area contributed by atoms with Crippen LogP contribution in [0, 0.1) is 26.7 Å². The van der Waals surface area contributed by atoms with Crippen LogP contribution in [0.25, 0.3) is 0 Å². The molecule has 1 aromatic heterocycles. The zero-order valence-corrected chi connectivity index (χ0v) is 23.0. The first kappa shape index (κ1) is 27.4. The lowest BCUT2D eigenvalue weighted by molar-refractivity contribution is 0.164. The Labute approximate surface area is 215 Å². The van der Waals surface area contributed by atoms with Crippen LogP contribution < -0.4 is 15.4 Å². The van der Waals surface area contributed by atoms with Crippen LogP contribution in [0.3, 0.4) is 0 Å². The van der Waals surface area contributed by atoms with Crippen molar-refractivity contribution in [2.45, 2.75) is 60.1 Å². The summed E-state index contributed by atoms with van der Waals surface area (Å²) in [6, 6.07) is 8.10. The average Bonchev–Trinajstić information content (AvgIpc) is 3.09. The van der Waals surface area contributed by atoms with Crippen molar-refractivity contribution < 1.29 is 9.15 Å². The molecule has 33 heavy (non-hydrogen) atoms. The Balaban J connectivity index is 0.00000385. The molecule has 0 spiro atoms. The lowest BCUT2D eigenvalue weighted by Gasteiger charge is -2.31. The number of likely N-dealkylation sites (tertiary alicyclic amines) is 1. The summed E-state index contributed by atoms with van der Waals surface area (Å²) in [6.45, 7) is 15.5. The number of benzene rings is 1. The highest BCUT2D eigenvalue weighted by atomic mass is 127. The highest BCUT2D eigenvalue weighted by molar-refractivity contribution is 14.0. The minimum Gasteiger partial charge on any atom is -0.489 e. The van der Waals surface area contributed by atoms with E-state index >= 15 is 0 Å². The number of para-hydroxylation sites is 1. The molecule has 2 heterocycles. The Hall–Kier alpha value is -1.81. The fraction of sp³-hybridized carbons (Fsp3) is 0.600. The fourth-order valence-corrected chi connectivity index (χ4v) is 3.89. The Morgan fingerprint density at radius 2 is 1.94 bits per heavy atom. The minimum absolute atomic E-state index is 0. The monoisotopic (exact) mass is 569 g/mol. The van der Waals surface area contributed by atoms with Gasteiger partial charge in [-0.25, -0.2) is 9.98 Å². The van der Waals surface area contributed by atoms with Crippen LogP contribution in [0.5, 0.6) is 5.75 Å². The second-order valence-corrected chi connectivity index (χ2v) is 8.76. The normalized spacial score (nSPS) is 16.2. The molecule has 8 heteroatoms. The van der Waals surface area contributed by atoms with Crippen LogP contribution in [0.15, 0.2) is 33.7 Å². The van der Waals surface area contributed by atoms with E-state index in [0.29, 0.717) is 12.5 Å². The summed E-state index contributed by atoms with van der Waals surface area (Å²) in [4.78, 5) is 11.7. The predicted molar refractivity (Wildman–Crippen MR) is 145 cm³/mol. The van der Waals surface area contributed by atoms with Crippen molar-refractivity contribution in [2.75, 3.05) is 32.7 Å². The highest BCUT2D eigenvalue weighted by Gasteiger charge is 2.21. The summed E-state index contributed by atoms with van der Waals surface area (Å²) in [6.07, 6.45) is 2.34. The maximum absolute atomic E-state index is 6.06. The van der Waals surface area contributed by atoms with Crippen LogP contribution in [0.2, 0.25) is 0 Å². The van der Waals surface area contributed by atoms with E-state index in [1.54, 1.807) is 0 Å². The number of ether oxygens (including phenoxy) is 1. The third-order valence-corrected chi connectivity index (χ3v) is 5.97. The van der Waals surface area contributed by atoms with E-state index in [1.165, 1.54) is 0 Å². The number of hydrogen-bond acceptors (Lipinski definition) is 5. The van der Waals surface area contributed by atoms with Crippen LogP contribution in [-0.2, 0) is 6.54 Å². The molecule has 1 saturated heterocycles. The Morgan fingerprint density at radius 3 is 2.58 bits per heavy atom. The van der Waals surface area contributed by atoms with E-state index in [4.69, 9.17) is 14.1 Å². The maximum Gasteiger partial charge on any atom is 0.208 e. The van der Waals surface area contributed by atoms with Gasteiger partial charge in [-0.2, -0.15) is 0 Å². The molecule has 1 atom stereocenters. The molecule has 0 radical (unpaired) electrons. The van der Waals surface area contributed by atoms with E-state index in [1.807, 2.05) is 32.0 Å². The molecule has 2 aromatic rings. The first-order chi connectivity index (χ1) is 15.4. The van der Waals surface area contributed by atoms with Gasteiger partial charge in [-0.05, 0) is 78.1 Å². The number of nitrogens with zero attached hydrogens (tertiary/aromatic N) is 3. The predicted octanol–water partition coefficient (Wildman–Crippen LogP) is 4.45. The van der Waals surface area contributed by atoms with Gasteiger partial charge in [-0.3, -0.25) is 4.90 Å². The summed E-state index contributed by atoms with van der Waals surface area (Å²) in [7, 11) is 0. The van der Waals surface area contributed by atoms with Crippen LogP contribution in [-0.4, -0.2) is 54.7 Å². The molecule has 2 N–H and O–H groups in total. The number of hydrogen-bond donors (Lipinski definition) is 2. The van der Waals surface area contributed by atoms with Gasteiger partial charge in [0.05, 0.1) is 18.8 Å².